The van der Waals surface area contributed by atoms with Crippen molar-refractivity contribution in [2.75, 3.05) is 0 Å². The minimum Gasteiger partial charge on any atom is -0.478 e. The molecule has 2 nitrogen and oxygen atoms in total. The normalized spacial score (nSPS) is 15.8. The second-order valence-electron chi connectivity index (χ2n) is 7.69. The Labute approximate surface area is 148 Å². The van der Waals surface area contributed by atoms with Gasteiger partial charge in [0.15, 0.2) is 0 Å². The zero-order valence-corrected chi connectivity index (χ0v) is 14.7. The highest BCUT2D eigenvalue weighted by Crippen LogP contribution is 2.39. The van der Waals surface area contributed by atoms with E-state index in [1.807, 2.05) is 12.1 Å². The van der Waals surface area contributed by atoms with Gasteiger partial charge in [-0.2, -0.15) is 0 Å². The predicted octanol–water partition coefficient (Wildman–Crippen LogP) is 5.82. The first kappa shape index (κ1) is 15.9. The van der Waals surface area contributed by atoms with Gasteiger partial charge in [0, 0.05) is 0 Å². The first-order valence-electron chi connectivity index (χ1n) is 8.85. The van der Waals surface area contributed by atoms with Crippen molar-refractivity contribution >= 4 is 16.7 Å². The first-order chi connectivity index (χ1) is 11.9. The van der Waals surface area contributed by atoms with Gasteiger partial charge in [0.1, 0.15) is 0 Å². The minimum absolute atomic E-state index is 0.233. The van der Waals surface area contributed by atoms with E-state index in [9.17, 15) is 4.79 Å². The van der Waals surface area contributed by atoms with Gasteiger partial charge in [-0.05, 0) is 75.9 Å². The van der Waals surface area contributed by atoms with Gasteiger partial charge in [0.2, 0.25) is 0 Å². The highest BCUT2D eigenvalue weighted by molar-refractivity contribution is 5.95. The van der Waals surface area contributed by atoms with Crippen LogP contribution < -0.4 is 0 Å². The molecule has 0 saturated heterocycles. The summed E-state index contributed by atoms with van der Waals surface area (Å²) in [5.41, 5.74) is 5.93. The highest BCUT2D eigenvalue weighted by Gasteiger charge is 2.27. The van der Waals surface area contributed by atoms with E-state index in [1.165, 1.54) is 41.5 Å². The molecule has 3 aromatic carbocycles. The monoisotopic (exact) mass is 330 g/mol. The molecule has 4 rings (SSSR count). The standard InChI is InChI=1S/C23H22O2/c1-23(2)11-3-4-15-5-6-19(14-21(15)23)17-7-8-18-13-20(22(24)25)10-9-16(18)12-17/h5-10,12-14H,3-4,11H2,1-2H3,(H,24,25). The molecular formula is C23H22O2. The molecule has 0 spiro atoms. The number of carbonyl (C=O) groups is 1. The molecule has 1 aliphatic rings. The van der Waals surface area contributed by atoms with Gasteiger partial charge in [0.05, 0.1) is 5.56 Å². The molecule has 1 N–H and O–H groups in total. The van der Waals surface area contributed by atoms with Crippen molar-refractivity contribution in [3.05, 3.63) is 71.3 Å². The van der Waals surface area contributed by atoms with E-state index in [0.29, 0.717) is 5.56 Å². The Kier molecular flexibility index (Phi) is 3.64. The Bertz CT molecular complexity index is 983. The van der Waals surface area contributed by atoms with Crippen molar-refractivity contribution in [3.63, 3.8) is 0 Å². The maximum atomic E-state index is 11.1. The number of benzene rings is 3. The summed E-state index contributed by atoms with van der Waals surface area (Å²) in [6.45, 7) is 4.67. The van der Waals surface area contributed by atoms with Crippen molar-refractivity contribution in [1.82, 2.24) is 0 Å². The average Bonchev–Trinajstić information content (AvgIpc) is 2.60. The zero-order chi connectivity index (χ0) is 17.6. The number of rotatable bonds is 2. The van der Waals surface area contributed by atoms with Crippen LogP contribution in [-0.2, 0) is 11.8 Å². The molecule has 0 atom stereocenters. The van der Waals surface area contributed by atoms with Crippen LogP contribution in [0.4, 0.5) is 0 Å². The maximum absolute atomic E-state index is 11.1. The van der Waals surface area contributed by atoms with Gasteiger partial charge in [-0.3, -0.25) is 0 Å². The minimum atomic E-state index is -0.886. The third-order valence-electron chi connectivity index (χ3n) is 5.51. The average molecular weight is 330 g/mol. The third-order valence-corrected chi connectivity index (χ3v) is 5.51. The molecule has 0 heterocycles. The van der Waals surface area contributed by atoms with Crippen molar-refractivity contribution in [1.29, 1.82) is 0 Å². The van der Waals surface area contributed by atoms with Gasteiger partial charge in [-0.15, -0.1) is 0 Å². The van der Waals surface area contributed by atoms with Crippen LogP contribution in [0.5, 0.6) is 0 Å². The van der Waals surface area contributed by atoms with Crippen LogP contribution in [0.2, 0.25) is 0 Å². The molecular weight excluding hydrogens is 308 g/mol. The fraction of sp³-hybridized carbons (Fsp3) is 0.261. The SMILES string of the molecule is CC1(C)CCCc2ccc(-c3ccc4cc(C(=O)O)ccc4c3)cc21. The second-order valence-corrected chi connectivity index (χ2v) is 7.69. The van der Waals surface area contributed by atoms with Crippen molar-refractivity contribution in [2.45, 2.75) is 38.5 Å². The van der Waals surface area contributed by atoms with E-state index in [0.717, 1.165) is 10.8 Å². The molecule has 0 aliphatic heterocycles. The quantitative estimate of drug-likeness (QED) is 0.643. The Morgan fingerprint density at radius 1 is 0.920 bits per heavy atom. The Hall–Kier alpha value is -2.61. The summed E-state index contributed by atoms with van der Waals surface area (Å²) < 4.78 is 0. The summed E-state index contributed by atoms with van der Waals surface area (Å²) in [6.07, 6.45) is 3.68. The lowest BCUT2D eigenvalue weighted by atomic mass is 9.72. The highest BCUT2D eigenvalue weighted by atomic mass is 16.4. The molecule has 0 saturated carbocycles. The topological polar surface area (TPSA) is 37.3 Å². The fourth-order valence-corrected chi connectivity index (χ4v) is 4.02. The van der Waals surface area contributed by atoms with Gasteiger partial charge >= 0.3 is 5.97 Å². The van der Waals surface area contributed by atoms with Crippen LogP contribution >= 0.6 is 0 Å². The van der Waals surface area contributed by atoms with E-state index < -0.39 is 5.97 Å². The Morgan fingerprint density at radius 3 is 2.40 bits per heavy atom. The molecule has 0 bridgehead atoms. The lowest BCUT2D eigenvalue weighted by Crippen LogP contribution is -2.23. The maximum Gasteiger partial charge on any atom is 0.335 e. The number of hydrogen-bond donors (Lipinski definition) is 1. The summed E-state index contributed by atoms with van der Waals surface area (Å²) in [7, 11) is 0. The van der Waals surface area contributed by atoms with Gasteiger partial charge < -0.3 is 5.11 Å². The van der Waals surface area contributed by atoms with Crippen LogP contribution in [0.25, 0.3) is 21.9 Å². The fourth-order valence-electron chi connectivity index (χ4n) is 4.02. The van der Waals surface area contributed by atoms with Crippen LogP contribution in [0.3, 0.4) is 0 Å². The molecule has 3 aromatic rings. The van der Waals surface area contributed by atoms with Crippen molar-refractivity contribution < 1.29 is 9.90 Å². The van der Waals surface area contributed by atoms with Gasteiger partial charge in [-0.1, -0.05) is 50.2 Å². The summed E-state index contributed by atoms with van der Waals surface area (Å²) >= 11 is 0. The lowest BCUT2D eigenvalue weighted by molar-refractivity contribution is 0.0697. The smallest absolute Gasteiger partial charge is 0.335 e. The molecule has 0 unspecified atom stereocenters. The van der Waals surface area contributed by atoms with E-state index in [-0.39, 0.29) is 5.41 Å². The van der Waals surface area contributed by atoms with Crippen molar-refractivity contribution in [2.24, 2.45) is 0 Å². The van der Waals surface area contributed by atoms with Gasteiger partial charge in [-0.25, -0.2) is 4.79 Å². The number of carboxylic acid groups (broad SMARTS) is 1. The van der Waals surface area contributed by atoms with E-state index >= 15 is 0 Å². The predicted molar refractivity (Wildman–Crippen MR) is 102 cm³/mol. The van der Waals surface area contributed by atoms with Crippen LogP contribution in [0, 0.1) is 0 Å². The molecule has 1 aliphatic carbocycles. The second kappa shape index (κ2) is 5.73. The van der Waals surface area contributed by atoms with Crippen molar-refractivity contribution in [3.8, 4) is 11.1 Å². The summed E-state index contributed by atoms with van der Waals surface area (Å²) in [4.78, 5) is 11.1. The molecule has 2 heteroatoms. The first-order valence-corrected chi connectivity index (χ1v) is 8.85. The molecule has 0 amide bonds. The van der Waals surface area contributed by atoms with E-state index in [1.54, 1.807) is 12.1 Å². The molecule has 25 heavy (non-hydrogen) atoms. The van der Waals surface area contributed by atoms with Crippen LogP contribution in [0.15, 0.2) is 54.6 Å². The number of fused-ring (bicyclic) bond motifs is 2. The van der Waals surface area contributed by atoms with Crippen LogP contribution in [-0.4, -0.2) is 11.1 Å². The third kappa shape index (κ3) is 2.82. The Balaban J connectivity index is 1.80. The van der Waals surface area contributed by atoms with Gasteiger partial charge in [0.25, 0.3) is 0 Å². The molecule has 0 aromatic heterocycles. The number of carboxylic acids is 1. The summed E-state index contributed by atoms with van der Waals surface area (Å²) in [5, 5.41) is 11.2. The zero-order valence-electron chi connectivity index (χ0n) is 14.7. The number of aryl methyl sites for hydroxylation is 1. The molecule has 0 radical (unpaired) electrons. The molecule has 126 valence electrons. The summed E-state index contributed by atoms with van der Waals surface area (Å²) in [5.74, 6) is -0.886. The van der Waals surface area contributed by atoms with E-state index in [4.69, 9.17) is 5.11 Å². The Morgan fingerprint density at radius 2 is 1.60 bits per heavy atom. The largest absolute Gasteiger partial charge is 0.478 e. The number of hydrogen-bond acceptors (Lipinski definition) is 1. The number of aromatic carboxylic acids is 1. The summed E-state index contributed by atoms with van der Waals surface area (Å²) in [6, 6.07) is 18.4. The lowest BCUT2D eigenvalue weighted by Gasteiger charge is -2.33. The van der Waals surface area contributed by atoms with Crippen LogP contribution in [0.1, 0.15) is 48.2 Å². The molecule has 0 fully saturated rings. The van der Waals surface area contributed by atoms with E-state index in [2.05, 4.69) is 44.2 Å².